The average molecular weight is 559 g/mol. The first-order valence-electron chi connectivity index (χ1n) is 16.3. The van der Waals surface area contributed by atoms with Crippen LogP contribution in [0.4, 0.5) is 0 Å². The molecule has 3 saturated carbocycles. The number of phenols is 1. The largest absolute Gasteiger partial charge is 0.507 e. The molecule has 2 nitrogen and oxygen atoms in total. The molecule has 0 amide bonds. The van der Waals surface area contributed by atoms with Crippen molar-refractivity contribution in [3.8, 4) is 11.5 Å². The van der Waals surface area contributed by atoms with E-state index < -0.39 is 0 Å². The van der Waals surface area contributed by atoms with Gasteiger partial charge in [-0.15, -0.1) is 0 Å². The molecule has 226 valence electrons. The van der Waals surface area contributed by atoms with Crippen molar-refractivity contribution in [3.63, 3.8) is 0 Å². The van der Waals surface area contributed by atoms with Gasteiger partial charge in [0.15, 0.2) is 0 Å². The minimum atomic E-state index is -0.0970. The fourth-order valence-corrected chi connectivity index (χ4v) is 8.92. The van der Waals surface area contributed by atoms with Crippen molar-refractivity contribution < 1.29 is 9.84 Å². The Bertz CT molecular complexity index is 1300. The number of aromatic hydroxyl groups is 1. The summed E-state index contributed by atoms with van der Waals surface area (Å²) in [5, 5.41) is 11.8. The molecular weight excluding hydrogens is 500 g/mol. The van der Waals surface area contributed by atoms with Gasteiger partial charge in [-0.3, -0.25) is 0 Å². The van der Waals surface area contributed by atoms with Crippen LogP contribution in [-0.4, -0.2) is 12.2 Å². The number of benzene rings is 2. The van der Waals surface area contributed by atoms with Gasteiger partial charge >= 0.3 is 0 Å². The van der Waals surface area contributed by atoms with Crippen molar-refractivity contribution in [1.29, 1.82) is 0 Å². The summed E-state index contributed by atoms with van der Waals surface area (Å²) in [5.41, 5.74) is 7.95. The summed E-state index contributed by atoms with van der Waals surface area (Å²) in [6.45, 7) is 27.6. The van der Waals surface area contributed by atoms with Crippen LogP contribution in [0.2, 0.25) is 0 Å². The van der Waals surface area contributed by atoms with Gasteiger partial charge in [-0.25, -0.2) is 0 Å². The highest BCUT2D eigenvalue weighted by molar-refractivity contribution is 5.53. The number of hydrogen-bond donors (Lipinski definition) is 1. The number of rotatable bonds is 3. The summed E-state index contributed by atoms with van der Waals surface area (Å²) in [5.74, 6) is 5.50. The molecule has 41 heavy (non-hydrogen) atoms. The van der Waals surface area contributed by atoms with Gasteiger partial charge in [0, 0.05) is 5.56 Å². The molecule has 0 saturated heterocycles. The Morgan fingerprint density at radius 2 is 1.15 bits per heavy atom. The van der Waals surface area contributed by atoms with Crippen LogP contribution >= 0.6 is 0 Å². The fraction of sp³-hybridized carbons (Fsp3) is 0.692. The highest BCUT2D eigenvalue weighted by Crippen LogP contribution is 2.68. The number of hydrogen-bond acceptors (Lipinski definition) is 2. The molecule has 6 atom stereocenters. The zero-order valence-corrected chi connectivity index (χ0v) is 28.5. The molecule has 5 rings (SSSR count). The van der Waals surface area contributed by atoms with E-state index in [1.807, 2.05) is 7.11 Å². The summed E-state index contributed by atoms with van der Waals surface area (Å²) in [7, 11) is 1.88. The molecule has 0 heterocycles. The van der Waals surface area contributed by atoms with E-state index >= 15 is 0 Å². The molecule has 1 N–H and O–H groups in total. The van der Waals surface area contributed by atoms with Crippen LogP contribution in [0.3, 0.4) is 0 Å². The fourth-order valence-electron chi connectivity index (χ4n) is 8.92. The SMILES string of the molecule is COc1c(C2CCC3C4CC(c5cc(C(C)(C)C)cc(C(C)(C)C)c5O)C(C4)C23)cc(C(C)(C)C)cc1C(C)(C)C. The average Bonchev–Trinajstić information content (AvgIpc) is 3.53. The van der Waals surface area contributed by atoms with E-state index in [0.717, 1.165) is 23.1 Å². The number of ether oxygens (including phenoxy) is 1. The van der Waals surface area contributed by atoms with Crippen molar-refractivity contribution in [2.45, 2.75) is 142 Å². The topological polar surface area (TPSA) is 29.5 Å². The summed E-state index contributed by atoms with van der Waals surface area (Å²) in [6.07, 6.45) is 5.13. The molecule has 6 unspecified atom stereocenters. The third-order valence-corrected chi connectivity index (χ3v) is 11.1. The molecule has 0 aliphatic heterocycles. The van der Waals surface area contributed by atoms with Crippen LogP contribution in [0.1, 0.15) is 154 Å². The van der Waals surface area contributed by atoms with Gasteiger partial charge in [0.1, 0.15) is 11.5 Å². The molecule has 0 aromatic heterocycles. The maximum atomic E-state index is 11.8. The second-order valence-electron chi connectivity index (χ2n) is 18.0. The second-order valence-corrected chi connectivity index (χ2v) is 18.0. The van der Waals surface area contributed by atoms with E-state index in [-0.39, 0.29) is 21.7 Å². The van der Waals surface area contributed by atoms with Gasteiger partial charge in [0.25, 0.3) is 0 Å². The van der Waals surface area contributed by atoms with Crippen molar-refractivity contribution >= 4 is 0 Å². The lowest BCUT2D eigenvalue weighted by Gasteiger charge is -2.38. The molecule has 2 aromatic rings. The van der Waals surface area contributed by atoms with Gasteiger partial charge in [0.05, 0.1) is 7.11 Å². The first-order chi connectivity index (χ1) is 18.7. The zero-order valence-electron chi connectivity index (χ0n) is 28.5. The lowest BCUT2D eigenvalue weighted by atomic mass is 9.67. The second kappa shape index (κ2) is 9.78. The first kappa shape index (κ1) is 30.5. The van der Waals surface area contributed by atoms with Gasteiger partial charge in [-0.2, -0.15) is 0 Å². The molecule has 3 aliphatic carbocycles. The van der Waals surface area contributed by atoms with Crippen LogP contribution in [-0.2, 0) is 21.7 Å². The van der Waals surface area contributed by atoms with E-state index in [1.54, 1.807) is 0 Å². The highest BCUT2D eigenvalue weighted by Gasteiger charge is 2.58. The molecule has 2 bridgehead atoms. The number of phenolic OH excluding ortho intramolecular Hbond substituents is 1. The number of methoxy groups -OCH3 is 1. The van der Waals surface area contributed by atoms with Crippen molar-refractivity contribution in [2.24, 2.45) is 23.7 Å². The summed E-state index contributed by atoms with van der Waals surface area (Å²) >= 11 is 0. The minimum absolute atomic E-state index is 0.0130. The summed E-state index contributed by atoms with van der Waals surface area (Å²) < 4.78 is 6.31. The monoisotopic (exact) mass is 558 g/mol. The van der Waals surface area contributed by atoms with Crippen LogP contribution < -0.4 is 4.74 Å². The predicted octanol–water partition coefficient (Wildman–Crippen LogP) is 10.5. The lowest BCUT2D eigenvalue weighted by Crippen LogP contribution is -2.28. The Morgan fingerprint density at radius 3 is 1.66 bits per heavy atom. The molecule has 2 aromatic carbocycles. The highest BCUT2D eigenvalue weighted by atomic mass is 16.5. The van der Waals surface area contributed by atoms with Gasteiger partial charge < -0.3 is 9.84 Å². The van der Waals surface area contributed by atoms with E-state index in [2.05, 4.69) is 107 Å². The minimum Gasteiger partial charge on any atom is -0.507 e. The smallest absolute Gasteiger partial charge is 0.126 e. The van der Waals surface area contributed by atoms with E-state index in [9.17, 15) is 5.11 Å². The number of fused-ring (bicyclic) bond motifs is 5. The Hall–Kier alpha value is -1.96. The molecule has 2 heteroatoms. The standard InChI is InChI=1S/C39H58O2/c1-36(2,3)23-18-29(34(40)31(20-23)38(7,8)9)27-16-22-17-28(27)33-25(22)14-15-26(33)30-19-24(37(4,5)6)21-32(35(30)41-13)39(10,11)12/h18-22,25-28,33,40H,14-17H2,1-13H3. The quantitative estimate of drug-likeness (QED) is 0.406. The third-order valence-electron chi connectivity index (χ3n) is 11.1. The molecule has 3 aliphatic rings. The van der Waals surface area contributed by atoms with Crippen LogP contribution in [0, 0.1) is 23.7 Å². The van der Waals surface area contributed by atoms with E-state index in [4.69, 9.17) is 4.74 Å². The Kier molecular flexibility index (Phi) is 7.28. The van der Waals surface area contributed by atoms with Gasteiger partial charge in [-0.05, 0) is 111 Å². The van der Waals surface area contributed by atoms with Crippen molar-refractivity contribution in [3.05, 3.63) is 57.6 Å². The maximum absolute atomic E-state index is 11.8. The van der Waals surface area contributed by atoms with Crippen molar-refractivity contribution in [1.82, 2.24) is 0 Å². The normalized spacial score (nSPS) is 28.3. The Labute approximate surface area is 251 Å². The van der Waals surface area contributed by atoms with E-state index in [0.29, 0.717) is 29.4 Å². The molecule has 0 radical (unpaired) electrons. The predicted molar refractivity (Wildman–Crippen MR) is 174 cm³/mol. The Morgan fingerprint density at radius 1 is 0.610 bits per heavy atom. The van der Waals surface area contributed by atoms with E-state index in [1.165, 1.54) is 53.5 Å². The summed E-state index contributed by atoms with van der Waals surface area (Å²) in [4.78, 5) is 0. The van der Waals surface area contributed by atoms with Crippen LogP contribution in [0.15, 0.2) is 24.3 Å². The molecule has 3 fully saturated rings. The Balaban J connectivity index is 1.62. The van der Waals surface area contributed by atoms with Gasteiger partial charge in [0.2, 0.25) is 0 Å². The molecule has 0 spiro atoms. The maximum Gasteiger partial charge on any atom is 0.126 e. The van der Waals surface area contributed by atoms with Crippen molar-refractivity contribution in [2.75, 3.05) is 7.11 Å². The third kappa shape index (κ3) is 5.25. The zero-order chi connectivity index (χ0) is 30.4. The first-order valence-corrected chi connectivity index (χ1v) is 16.3. The lowest BCUT2D eigenvalue weighted by molar-refractivity contribution is 0.212. The van der Waals surface area contributed by atoms with Crippen LogP contribution in [0.25, 0.3) is 0 Å². The van der Waals surface area contributed by atoms with Crippen LogP contribution in [0.5, 0.6) is 11.5 Å². The summed E-state index contributed by atoms with van der Waals surface area (Å²) in [6, 6.07) is 9.59. The molecular formula is C39H58O2. The van der Waals surface area contributed by atoms with Gasteiger partial charge in [-0.1, -0.05) is 107 Å².